The average molecular weight is 178 g/mol. The van der Waals surface area contributed by atoms with E-state index in [1.165, 1.54) is 12.7 Å². The van der Waals surface area contributed by atoms with Gasteiger partial charge in [0.05, 0.1) is 0 Å². The van der Waals surface area contributed by atoms with Gasteiger partial charge in [0.15, 0.2) is 0 Å². The van der Waals surface area contributed by atoms with Gasteiger partial charge in [-0.2, -0.15) is 0 Å². The molecule has 3 rings (SSSR count). The molecule has 0 aromatic rings. The van der Waals surface area contributed by atoms with Crippen molar-refractivity contribution in [3.05, 3.63) is 12.2 Å². The Hall–Kier alpha value is -0.590. The molecule has 1 saturated carbocycles. The Bertz CT molecular complexity index is 264. The molecule has 0 aromatic heterocycles. The predicted octanol–water partition coefficient (Wildman–Crippen LogP) is 2.81. The molecule has 1 nitrogen and oxygen atoms in total. The highest BCUT2D eigenvalue weighted by Gasteiger charge is 2.53. The molecule has 72 valence electrons. The van der Waals surface area contributed by atoms with E-state index in [0.717, 1.165) is 6.42 Å². The van der Waals surface area contributed by atoms with Gasteiger partial charge in [-0.1, -0.05) is 32.9 Å². The smallest absolute Gasteiger partial charge is 0.130 e. The second-order valence-corrected chi connectivity index (χ2v) is 5.23. The van der Waals surface area contributed by atoms with Gasteiger partial charge in [0.2, 0.25) is 0 Å². The maximum Gasteiger partial charge on any atom is 0.130 e. The van der Waals surface area contributed by atoms with Gasteiger partial charge >= 0.3 is 0 Å². The van der Waals surface area contributed by atoms with Crippen molar-refractivity contribution in [1.82, 2.24) is 0 Å². The molecule has 0 radical (unpaired) electrons. The van der Waals surface area contributed by atoms with Crippen LogP contribution in [0.1, 0.15) is 33.6 Å². The quantitative estimate of drug-likeness (QED) is 0.446. The maximum atomic E-state index is 11.2. The minimum atomic E-state index is -0.166. The summed E-state index contributed by atoms with van der Waals surface area (Å²) >= 11 is 0. The number of fused-ring (bicyclic) bond motifs is 2. The Morgan fingerprint density at radius 1 is 1.46 bits per heavy atom. The Morgan fingerprint density at radius 3 is 2.54 bits per heavy atom. The number of allylic oxidation sites excluding steroid dienone is 2. The standard InChI is InChI=1S/C12H18O/c1-9-10-4-6-12(8-13,7-5-10)11(9,2)3/h4,6,8-10H,5,7H2,1-3H3. The van der Waals surface area contributed by atoms with Crippen LogP contribution in [0.15, 0.2) is 12.2 Å². The van der Waals surface area contributed by atoms with E-state index in [9.17, 15) is 4.79 Å². The zero-order valence-corrected chi connectivity index (χ0v) is 8.71. The second-order valence-electron chi connectivity index (χ2n) is 5.23. The number of carbonyl (C=O) groups is 1. The van der Waals surface area contributed by atoms with E-state index in [2.05, 4.69) is 32.9 Å². The summed E-state index contributed by atoms with van der Waals surface area (Å²) < 4.78 is 0. The van der Waals surface area contributed by atoms with Gasteiger partial charge in [-0.3, -0.25) is 0 Å². The molecule has 1 heteroatoms. The van der Waals surface area contributed by atoms with Gasteiger partial charge in [-0.25, -0.2) is 0 Å². The zero-order chi connectivity index (χ0) is 9.69. The molecular formula is C12H18O. The maximum absolute atomic E-state index is 11.2. The summed E-state index contributed by atoms with van der Waals surface area (Å²) in [5.74, 6) is 1.34. The average Bonchev–Trinajstić information content (AvgIpc) is 2.14. The van der Waals surface area contributed by atoms with Crippen molar-refractivity contribution in [2.45, 2.75) is 33.6 Å². The first-order valence-corrected chi connectivity index (χ1v) is 5.19. The summed E-state index contributed by atoms with van der Waals surface area (Å²) in [5, 5.41) is 0. The van der Waals surface area contributed by atoms with Gasteiger partial charge in [-0.05, 0) is 30.1 Å². The molecule has 1 fully saturated rings. The topological polar surface area (TPSA) is 17.1 Å². The fourth-order valence-corrected chi connectivity index (χ4v) is 3.04. The van der Waals surface area contributed by atoms with Gasteiger partial charge in [0, 0.05) is 5.41 Å². The van der Waals surface area contributed by atoms with Crippen LogP contribution in [0.5, 0.6) is 0 Å². The fourth-order valence-electron chi connectivity index (χ4n) is 3.04. The van der Waals surface area contributed by atoms with Crippen LogP contribution in [0.25, 0.3) is 0 Å². The molecule has 13 heavy (non-hydrogen) atoms. The molecule has 0 aliphatic heterocycles. The minimum Gasteiger partial charge on any atom is -0.302 e. The molecule has 0 spiro atoms. The van der Waals surface area contributed by atoms with Crippen molar-refractivity contribution in [2.75, 3.05) is 0 Å². The Kier molecular flexibility index (Phi) is 1.70. The SMILES string of the molecule is CC1C2C=CC(C=O)(CC2)C1(C)C. The van der Waals surface area contributed by atoms with Crippen LogP contribution in [0.4, 0.5) is 0 Å². The molecule has 3 unspecified atom stereocenters. The van der Waals surface area contributed by atoms with Crippen molar-refractivity contribution in [2.24, 2.45) is 22.7 Å². The van der Waals surface area contributed by atoms with Crippen LogP contribution < -0.4 is 0 Å². The molecule has 3 aliphatic carbocycles. The number of carbonyl (C=O) groups excluding carboxylic acids is 1. The first-order valence-electron chi connectivity index (χ1n) is 5.19. The Labute approximate surface area is 80.2 Å². The first kappa shape index (κ1) is 8.98. The highest BCUT2D eigenvalue weighted by Crippen LogP contribution is 2.58. The Morgan fingerprint density at radius 2 is 2.15 bits per heavy atom. The van der Waals surface area contributed by atoms with Crippen LogP contribution in [0.3, 0.4) is 0 Å². The summed E-state index contributed by atoms with van der Waals surface area (Å²) in [6, 6.07) is 0. The van der Waals surface area contributed by atoms with Crippen molar-refractivity contribution in [3.8, 4) is 0 Å². The van der Waals surface area contributed by atoms with E-state index in [1.807, 2.05) is 0 Å². The molecule has 0 amide bonds. The lowest BCUT2D eigenvalue weighted by Gasteiger charge is -2.55. The summed E-state index contributed by atoms with van der Waals surface area (Å²) in [5.41, 5.74) is -0.0203. The van der Waals surface area contributed by atoms with E-state index in [-0.39, 0.29) is 10.8 Å². The van der Waals surface area contributed by atoms with Crippen LogP contribution in [-0.2, 0) is 4.79 Å². The van der Waals surface area contributed by atoms with E-state index in [4.69, 9.17) is 0 Å². The lowest BCUT2D eigenvalue weighted by molar-refractivity contribution is -0.127. The van der Waals surface area contributed by atoms with E-state index in [1.54, 1.807) is 0 Å². The zero-order valence-electron chi connectivity index (χ0n) is 8.71. The van der Waals surface area contributed by atoms with Crippen LogP contribution in [0, 0.1) is 22.7 Å². The van der Waals surface area contributed by atoms with E-state index in [0.29, 0.717) is 11.8 Å². The van der Waals surface area contributed by atoms with Crippen molar-refractivity contribution in [1.29, 1.82) is 0 Å². The van der Waals surface area contributed by atoms with Crippen molar-refractivity contribution in [3.63, 3.8) is 0 Å². The monoisotopic (exact) mass is 178 g/mol. The molecule has 0 aromatic carbocycles. The third-order valence-electron chi connectivity index (χ3n) is 4.72. The molecule has 2 bridgehead atoms. The highest BCUT2D eigenvalue weighted by atomic mass is 16.1. The fraction of sp³-hybridized carbons (Fsp3) is 0.750. The first-order chi connectivity index (χ1) is 6.03. The second kappa shape index (κ2) is 2.46. The Balaban J connectivity index is 2.50. The molecule has 0 N–H and O–H groups in total. The normalized spacial score (nSPS) is 46.4. The van der Waals surface area contributed by atoms with E-state index < -0.39 is 0 Å². The largest absolute Gasteiger partial charge is 0.302 e. The van der Waals surface area contributed by atoms with Gasteiger partial charge < -0.3 is 4.79 Å². The number of aldehydes is 1. The summed E-state index contributed by atoms with van der Waals surface area (Å²) in [6.45, 7) is 6.76. The summed E-state index contributed by atoms with van der Waals surface area (Å²) in [6.07, 6.45) is 7.84. The number of hydrogen-bond acceptors (Lipinski definition) is 1. The number of hydrogen-bond donors (Lipinski definition) is 0. The van der Waals surface area contributed by atoms with Crippen molar-refractivity contribution < 1.29 is 4.79 Å². The molecular weight excluding hydrogens is 160 g/mol. The predicted molar refractivity (Wildman–Crippen MR) is 53.3 cm³/mol. The summed E-state index contributed by atoms with van der Waals surface area (Å²) in [4.78, 5) is 11.2. The lowest BCUT2D eigenvalue weighted by Crippen LogP contribution is -2.51. The van der Waals surface area contributed by atoms with Crippen LogP contribution in [0.2, 0.25) is 0 Å². The van der Waals surface area contributed by atoms with Crippen LogP contribution in [-0.4, -0.2) is 6.29 Å². The molecule has 3 aliphatic rings. The van der Waals surface area contributed by atoms with Crippen LogP contribution >= 0.6 is 0 Å². The lowest BCUT2D eigenvalue weighted by atomic mass is 9.48. The third kappa shape index (κ3) is 0.905. The van der Waals surface area contributed by atoms with Gasteiger partial charge in [0.1, 0.15) is 6.29 Å². The third-order valence-corrected chi connectivity index (χ3v) is 4.72. The van der Waals surface area contributed by atoms with Gasteiger partial charge in [-0.15, -0.1) is 0 Å². The molecule has 3 atom stereocenters. The van der Waals surface area contributed by atoms with E-state index >= 15 is 0 Å². The van der Waals surface area contributed by atoms with Gasteiger partial charge in [0.25, 0.3) is 0 Å². The minimum absolute atomic E-state index is 0.145. The molecule has 0 heterocycles. The number of rotatable bonds is 1. The summed E-state index contributed by atoms with van der Waals surface area (Å²) in [7, 11) is 0. The highest BCUT2D eigenvalue weighted by molar-refractivity contribution is 5.66. The molecule has 0 saturated heterocycles. The van der Waals surface area contributed by atoms with Crippen molar-refractivity contribution >= 4 is 6.29 Å².